The van der Waals surface area contributed by atoms with Crippen LogP contribution in [0.3, 0.4) is 0 Å². The zero-order valence-electron chi connectivity index (χ0n) is 12.7. The highest BCUT2D eigenvalue weighted by Gasteiger charge is 2.23. The maximum Gasteiger partial charge on any atom is 0.193 e. The number of rotatable bonds is 2. The Morgan fingerprint density at radius 2 is 1.76 bits per heavy atom. The van der Waals surface area contributed by atoms with Gasteiger partial charge in [-0.3, -0.25) is 4.99 Å². The van der Waals surface area contributed by atoms with Crippen molar-refractivity contribution in [2.45, 2.75) is 25.3 Å². The van der Waals surface area contributed by atoms with E-state index in [4.69, 9.17) is 0 Å². The molecule has 3 rings (SSSR count). The van der Waals surface area contributed by atoms with Crippen molar-refractivity contribution in [3.05, 3.63) is 30.3 Å². The van der Waals surface area contributed by atoms with E-state index in [1.54, 1.807) is 0 Å². The first-order valence-corrected chi connectivity index (χ1v) is 7.65. The highest BCUT2D eigenvalue weighted by molar-refractivity contribution is 14.0. The fraction of sp³-hybridized carbons (Fsp3) is 0.562. The molecule has 1 N–H and O–H groups in total. The number of nitrogens with zero attached hydrogens (tertiary/aromatic N) is 3. The molecule has 0 atom stereocenters. The lowest BCUT2D eigenvalue weighted by molar-refractivity contribution is 0.332. The lowest BCUT2D eigenvalue weighted by atomic mass is 9.93. The Bertz CT molecular complexity index is 451. The minimum atomic E-state index is 0. The predicted octanol–water partition coefficient (Wildman–Crippen LogP) is 2.55. The molecule has 0 spiro atoms. The highest BCUT2D eigenvalue weighted by Crippen LogP contribution is 2.19. The summed E-state index contributed by atoms with van der Waals surface area (Å²) in [6, 6.07) is 11.3. The van der Waals surface area contributed by atoms with E-state index in [0.29, 0.717) is 6.04 Å². The van der Waals surface area contributed by atoms with Crippen molar-refractivity contribution in [3.63, 3.8) is 0 Å². The molecule has 116 valence electrons. The van der Waals surface area contributed by atoms with Crippen molar-refractivity contribution in [3.8, 4) is 0 Å². The van der Waals surface area contributed by atoms with Crippen molar-refractivity contribution < 1.29 is 0 Å². The molecule has 4 nitrogen and oxygen atoms in total. The average Bonchev–Trinajstić information content (AvgIpc) is 2.48. The normalized spacial score (nSPS) is 19.8. The fourth-order valence-electron chi connectivity index (χ4n) is 2.85. The van der Waals surface area contributed by atoms with Crippen LogP contribution >= 0.6 is 24.0 Å². The van der Waals surface area contributed by atoms with Crippen LogP contribution < -0.4 is 10.2 Å². The van der Waals surface area contributed by atoms with Crippen LogP contribution in [0, 0.1) is 0 Å². The maximum atomic E-state index is 4.44. The second-order valence-electron chi connectivity index (χ2n) is 5.63. The molecule has 1 saturated heterocycles. The molecule has 1 aliphatic carbocycles. The van der Waals surface area contributed by atoms with Gasteiger partial charge in [-0.1, -0.05) is 18.2 Å². The monoisotopic (exact) mass is 400 g/mol. The number of nitrogens with one attached hydrogen (secondary N) is 1. The van der Waals surface area contributed by atoms with E-state index in [1.165, 1.54) is 24.9 Å². The third kappa shape index (κ3) is 4.02. The minimum absolute atomic E-state index is 0. The van der Waals surface area contributed by atoms with Crippen molar-refractivity contribution in [1.29, 1.82) is 0 Å². The summed E-state index contributed by atoms with van der Waals surface area (Å²) in [6.07, 6.45) is 3.95. The van der Waals surface area contributed by atoms with Gasteiger partial charge in [0, 0.05) is 45.0 Å². The van der Waals surface area contributed by atoms with Crippen LogP contribution in [0.2, 0.25) is 0 Å². The number of guanidine groups is 1. The molecule has 0 radical (unpaired) electrons. The third-order valence-corrected chi connectivity index (χ3v) is 4.35. The van der Waals surface area contributed by atoms with Gasteiger partial charge in [0.15, 0.2) is 5.96 Å². The van der Waals surface area contributed by atoms with Gasteiger partial charge in [-0.05, 0) is 31.4 Å². The number of hydrogen-bond acceptors (Lipinski definition) is 2. The smallest absolute Gasteiger partial charge is 0.193 e. The van der Waals surface area contributed by atoms with Gasteiger partial charge < -0.3 is 15.1 Å². The van der Waals surface area contributed by atoms with E-state index in [9.17, 15) is 0 Å². The molecule has 1 aromatic rings. The summed E-state index contributed by atoms with van der Waals surface area (Å²) in [5.41, 5.74) is 1.33. The van der Waals surface area contributed by atoms with Gasteiger partial charge in [-0.25, -0.2) is 0 Å². The van der Waals surface area contributed by atoms with Gasteiger partial charge >= 0.3 is 0 Å². The van der Waals surface area contributed by atoms with Crippen LogP contribution in [0.15, 0.2) is 35.3 Å². The molecule has 1 saturated carbocycles. The summed E-state index contributed by atoms with van der Waals surface area (Å²) in [5, 5.41) is 3.58. The molecule has 1 heterocycles. The summed E-state index contributed by atoms with van der Waals surface area (Å²) < 4.78 is 0. The Morgan fingerprint density at radius 1 is 1.10 bits per heavy atom. The summed E-state index contributed by atoms with van der Waals surface area (Å²) in [5.74, 6) is 1.09. The third-order valence-electron chi connectivity index (χ3n) is 4.35. The van der Waals surface area contributed by atoms with Crippen molar-refractivity contribution >= 4 is 35.6 Å². The van der Waals surface area contributed by atoms with Gasteiger partial charge in [-0.15, -0.1) is 24.0 Å². The zero-order chi connectivity index (χ0) is 13.8. The Labute approximate surface area is 144 Å². The van der Waals surface area contributed by atoms with Gasteiger partial charge in [-0.2, -0.15) is 0 Å². The van der Waals surface area contributed by atoms with Crippen LogP contribution in [0.4, 0.5) is 5.69 Å². The average molecular weight is 400 g/mol. The number of benzene rings is 1. The molecule has 0 bridgehead atoms. The van der Waals surface area contributed by atoms with Crippen LogP contribution in [0.25, 0.3) is 0 Å². The standard InChI is InChI=1S/C16H24N4.HI/c1-17-16(18-14-6-5-7-14)20-12-10-19(11-13-20)15-8-3-2-4-9-15;/h2-4,8-9,14H,5-7,10-13H2,1H3,(H,17,18);1H. The molecule has 0 aromatic heterocycles. The molecule has 0 unspecified atom stereocenters. The lowest BCUT2D eigenvalue weighted by Crippen LogP contribution is -2.55. The Hall–Kier alpha value is -0.980. The van der Waals surface area contributed by atoms with Crippen LogP contribution in [-0.2, 0) is 0 Å². The minimum Gasteiger partial charge on any atom is -0.368 e. The van der Waals surface area contributed by atoms with Crippen molar-refractivity contribution in [2.75, 3.05) is 38.1 Å². The number of anilines is 1. The quantitative estimate of drug-likeness (QED) is 0.470. The summed E-state index contributed by atoms with van der Waals surface area (Å²) in [6.45, 7) is 4.22. The molecule has 0 amide bonds. The van der Waals surface area contributed by atoms with Crippen LogP contribution in [0.1, 0.15) is 19.3 Å². The van der Waals surface area contributed by atoms with E-state index in [0.717, 1.165) is 32.1 Å². The summed E-state index contributed by atoms with van der Waals surface area (Å²) in [4.78, 5) is 9.28. The molecule has 2 aliphatic rings. The number of aliphatic imine (C=N–C) groups is 1. The lowest BCUT2D eigenvalue weighted by Gasteiger charge is -2.39. The van der Waals surface area contributed by atoms with E-state index in [1.807, 2.05) is 7.05 Å². The summed E-state index contributed by atoms with van der Waals surface area (Å²) >= 11 is 0. The molecular formula is C16H25IN4. The van der Waals surface area contributed by atoms with E-state index in [-0.39, 0.29) is 24.0 Å². The molecule has 2 fully saturated rings. The number of hydrogen-bond donors (Lipinski definition) is 1. The van der Waals surface area contributed by atoms with Crippen molar-refractivity contribution in [2.24, 2.45) is 4.99 Å². The van der Waals surface area contributed by atoms with Crippen molar-refractivity contribution in [1.82, 2.24) is 10.2 Å². The van der Waals surface area contributed by atoms with Crippen LogP contribution in [-0.4, -0.2) is 50.1 Å². The van der Waals surface area contributed by atoms with Gasteiger partial charge in [0.2, 0.25) is 0 Å². The maximum absolute atomic E-state index is 4.44. The predicted molar refractivity (Wildman–Crippen MR) is 99.8 cm³/mol. The SMILES string of the molecule is CN=C(NC1CCC1)N1CCN(c2ccccc2)CC1.I. The highest BCUT2D eigenvalue weighted by atomic mass is 127. The number of piperazine rings is 1. The number of halogens is 1. The first-order chi connectivity index (χ1) is 9.86. The molecule has 5 heteroatoms. The number of para-hydroxylation sites is 1. The van der Waals surface area contributed by atoms with Gasteiger partial charge in [0.05, 0.1) is 0 Å². The van der Waals surface area contributed by atoms with E-state index >= 15 is 0 Å². The zero-order valence-corrected chi connectivity index (χ0v) is 15.0. The Kier molecular flexibility index (Phi) is 6.14. The Balaban J connectivity index is 0.00000161. The molecular weight excluding hydrogens is 375 g/mol. The Morgan fingerprint density at radius 3 is 2.29 bits per heavy atom. The largest absolute Gasteiger partial charge is 0.368 e. The van der Waals surface area contributed by atoms with E-state index < -0.39 is 0 Å². The molecule has 21 heavy (non-hydrogen) atoms. The second-order valence-corrected chi connectivity index (χ2v) is 5.63. The van der Waals surface area contributed by atoms with Gasteiger partial charge in [0.25, 0.3) is 0 Å². The first kappa shape index (κ1) is 16.4. The van der Waals surface area contributed by atoms with Crippen LogP contribution in [0.5, 0.6) is 0 Å². The fourth-order valence-corrected chi connectivity index (χ4v) is 2.85. The molecule has 1 aliphatic heterocycles. The van der Waals surface area contributed by atoms with Gasteiger partial charge in [0.1, 0.15) is 0 Å². The van der Waals surface area contributed by atoms with E-state index in [2.05, 4.69) is 50.4 Å². The first-order valence-electron chi connectivity index (χ1n) is 7.65. The summed E-state index contributed by atoms with van der Waals surface area (Å²) in [7, 11) is 1.89. The second kappa shape index (κ2) is 7.87. The molecule has 1 aromatic carbocycles. The topological polar surface area (TPSA) is 30.9 Å².